The van der Waals surface area contributed by atoms with Gasteiger partial charge in [-0.25, -0.2) is 13.8 Å². The maximum absolute atomic E-state index is 13.1. The van der Waals surface area contributed by atoms with E-state index in [0.29, 0.717) is 5.39 Å². The van der Waals surface area contributed by atoms with Gasteiger partial charge in [0.15, 0.2) is 11.6 Å². The van der Waals surface area contributed by atoms with Crippen molar-refractivity contribution in [2.24, 2.45) is 0 Å². The molecule has 13 heavy (non-hydrogen) atoms. The normalized spacial score (nSPS) is 10.7. The number of pyridine rings is 1. The molecule has 1 nitrogen and oxygen atoms in total. The van der Waals surface area contributed by atoms with Crippen LogP contribution in [0.25, 0.3) is 10.8 Å². The Bertz CT molecular complexity index is 470. The first-order valence-electron chi connectivity index (χ1n) is 3.58. The van der Waals surface area contributed by atoms with Crippen LogP contribution in [0.1, 0.15) is 0 Å². The van der Waals surface area contributed by atoms with Gasteiger partial charge < -0.3 is 0 Å². The Morgan fingerprint density at radius 2 is 1.85 bits per heavy atom. The van der Waals surface area contributed by atoms with Crippen molar-refractivity contribution in [1.82, 2.24) is 4.98 Å². The van der Waals surface area contributed by atoms with Crippen molar-refractivity contribution in [3.05, 3.63) is 41.2 Å². The molecule has 0 unspecified atom stereocenters. The SMILES string of the molecule is Fc1ccc2c(Cl)nccc2c1F. The lowest BCUT2D eigenvalue weighted by molar-refractivity contribution is 0.517. The summed E-state index contributed by atoms with van der Waals surface area (Å²) in [5.41, 5.74) is 0. The molecule has 0 saturated heterocycles. The second kappa shape index (κ2) is 2.92. The first-order valence-corrected chi connectivity index (χ1v) is 3.96. The highest BCUT2D eigenvalue weighted by molar-refractivity contribution is 6.34. The number of fused-ring (bicyclic) bond motifs is 1. The van der Waals surface area contributed by atoms with E-state index in [1.807, 2.05) is 0 Å². The largest absolute Gasteiger partial charge is 0.244 e. The highest BCUT2D eigenvalue weighted by atomic mass is 35.5. The van der Waals surface area contributed by atoms with Crippen molar-refractivity contribution in [2.45, 2.75) is 0 Å². The number of hydrogen-bond donors (Lipinski definition) is 0. The van der Waals surface area contributed by atoms with E-state index in [4.69, 9.17) is 11.6 Å². The van der Waals surface area contributed by atoms with Crippen molar-refractivity contribution in [2.75, 3.05) is 0 Å². The van der Waals surface area contributed by atoms with Crippen molar-refractivity contribution in [3.8, 4) is 0 Å². The van der Waals surface area contributed by atoms with Crippen molar-refractivity contribution < 1.29 is 8.78 Å². The fourth-order valence-corrected chi connectivity index (χ4v) is 1.38. The maximum atomic E-state index is 13.1. The van der Waals surface area contributed by atoms with Gasteiger partial charge in [-0.15, -0.1) is 0 Å². The monoisotopic (exact) mass is 199 g/mol. The van der Waals surface area contributed by atoms with Gasteiger partial charge in [0, 0.05) is 17.0 Å². The Balaban J connectivity index is 2.94. The third-order valence-corrected chi connectivity index (χ3v) is 2.09. The van der Waals surface area contributed by atoms with Gasteiger partial charge in [0.2, 0.25) is 0 Å². The van der Waals surface area contributed by atoms with Crippen LogP contribution < -0.4 is 0 Å². The molecule has 4 heteroatoms. The molecule has 0 saturated carbocycles. The number of halogens is 3. The topological polar surface area (TPSA) is 12.9 Å². The van der Waals surface area contributed by atoms with Gasteiger partial charge in [0.05, 0.1) is 0 Å². The average Bonchev–Trinajstić information content (AvgIpc) is 2.12. The minimum Gasteiger partial charge on any atom is -0.244 e. The van der Waals surface area contributed by atoms with Gasteiger partial charge in [-0.05, 0) is 18.2 Å². The van der Waals surface area contributed by atoms with E-state index in [2.05, 4.69) is 4.98 Å². The van der Waals surface area contributed by atoms with Crippen LogP contribution in [0.3, 0.4) is 0 Å². The van der Waals surface area contributed by atoms with Gasteiger partial charge in [-0.2, -0.15) is 0 Å². The standard InChI is InChI=1S/C9H4ClF2N/c10-9-6-1-2-7(11)8(12)5(6)3-4-13-9/h1-4H. The van der Waals surface area contributed by atoms with E-state index in [1.54, 1.807) is 0 Å². The first kappa shape index (κ1) is 8.38. The van der Waals surface area contributed by atoms with Crippen molar-refractivity contribution in [1.29, 1.82) is 0 Å². The Kier molecular flexibility index (Phi) is 1.88. The second-order valence-corrected chi connectivity index (χ2v) is 2.92. The highest BCUT2D eigenvalue weighted by Crippen LogP contribution is 2.24. The van der Waals surface area contributed by atoms with Gasteiger partial charge in [0.1, 0.15) is 5.15 Å². The predicted octanol–water partition coefficient (Wildman–Crippen LogP) is 3.17. The number of nitrogens with zero attached hydrogens (tertiary/aromatic N) is 1. The summed E-state index contributed by atoms with van der Waals surface area (Å²) < 4.78 is 25.9. The molecular formula is C9H4ClF2N. The fraction of sp³-hybridized carbons (Fsp3) is 0. The molecule has 0 spiro atoms. The molecule has 0 fully saturated rings. The van der Waals surface area contributed by atoms with Crippen LogP contribution in [-0.4, -0.2) is 4.98 Å². The van der Waals surface area contributed by atoms with Crippen LogP contribution in [0.5, 0.6) is 0 Å². The van der Waals surface area contributed by atoms with Crippen molar-refractivity contribution in [3.63, 3.8) is 0 Å². The molecule has 2 rings (SSSR count). The van der Waals surface area contributed by atoms with Crippen LogP contribution in [-0.2, 0) is 0 Å². The molecular weight excluding hydrogens is 196 g/mol. The molecule has 0 aliphatic rings. The highest BCUT2D eigenvalue weighted by Gasteiger charge is 2.08. The number of hydrogen-bond acceptors (Lipinski definition) is 1. The molecule has 0 aliphatic carbocycles. The summed E-state index contributed by atoms with van der Waals surface area (Å²) in [6.45, 7) is 0. The number of aromatic nitrogens is 1. The summed E-state index contributed by atoms with van der Waals surface area (Å²) in [6.07, 6.45) is 1.34. The summed E-state index contributed by atoms with van der Waals surface area (Å²) in [5, 5.41) is 0.750. The molecule has 0 N–H and O–H groups in total. The minimum atomic E-state index is -0.887. The third kappa shape index (κ3) is 1.25. The van der Waals surface area contributed by atoms with Crippen molar-refractivity contribution >= 4 is 22.4 Å². The quantitative estimate of drug-likeness (QED) is 0.594. The molecule has 0 aliphatic heterocycles. The molecule has 1 aromatic heterocycles. The molecule has 2 aromatic rings. The van der Waals surface area contributed by atoms with Crippen LogP contribution in [0.4, 0.5) is 8.78 Å². The van der Waals surface area contributed by atoms with E-state index in [9.17, 15) is 8.78 Å². The zero-order chi connectivity index (χ0) is 9.42. The van der Waals surface area contributed by atoms with Gasteiger partial charge in [-0.1, -0.05) is 11.6 Å². The van der Waals surface area contributed by atoms with E-state index in [0.717, 1.165) is 6.07 Å². The average molecular weight is 200 g/mol. The van der Waals surface area contributed by atoms with Gasteiger partial charge in [-0.3, -0.25) is 0 Å². The summed E-state index contributed by atoms with van der Waals surface area (Å²) in [4.78, 5) is 3.75. The van der Waals surface area contributed by atoms with Crippen LogP contribution in [0, 0.1) is 11.6 Å². The molecule has 0 atom stereocenters. The van der Waals surface area contributed by atoms with E-state index < -0.39 is 11.6 Å². The van der Waals surface area contributed by atoms with Gasteiger partial charge >= 0.3 is 0 Å². The molecule has 1 aromatic carbocycles. The summed E-state index contributed by atoms with van der Waals surface area (Å²) in [7, 11) is 0. The maximum Gasteiger partial charge on any atom is 0.166 e. The lowest BCUT2D eigenvalue weighted by atomic mass is 10.1. The molecule has 0 amide bonds. The van der Waals surface area contributed by atoms with Gasteiger partial charge in [0.25, 0.3) is 0 Å². The third-order valence-electron chi connectivity index (χ3n) is 1.78. The van der Waals surface area contributed by atoms with Crippen LogP contribution >= 0.6 is 11.6 Å². The predicted molar refractivity (Wildman–Crippen MR) is 46.7 cm³/mol. The van der Waals surface area contributed by atoms with E-state index in [-0.39, 0.29) is 10.5 Å². The lowest BCUT2D eigenvalue weighted by Crippen LogP contribution is -1.87. The zero-order valence-corrected chi connectivity index (χ0v) is 7.15. The second-order valence-electron chi connectivity index (χ2n) is 2.56. The summed E-state index contributed by atoms with van der Waals surface area (Å²) >= 11 is 5.68. The summed E-state index contributed by atoms with van der Waals surface area (Å²) in [6, 6.07) is 3.83. The Morgan fingerprint density at radius 1 is 1.08 bits per heavy atom. The molecule has 1 heterocycles. The smallest absolute Gasteiger partial charge is 0.166 e. The Labute approximate surface area is 78.0 Å². The molecule has 0 radical (unpaired) electrons. The fourth-order valence-electron chi connectivity index (χ4n) is 1.16. The van der Waals surface area contributed by atoms with Crippen LogP contribution in [0.15, 0.2) is 24.4 Å². The van der Waals surface area contributed by atoms with E-state index >= 15 is 0 Å². The number of benzene rings is 1. The molecule has 66 valence electrons. The Morgan fingerprint density at radius 3 is 2.62 bits per heavy atom. The Hall–Kier alpha value is -1.22. The first-order chi connectivity index (χ1) is 6.20. The summed E-state index contributed by atoms with van der Waals surface area (Å²) in [5.74, 6) is -1.77. The minimum absolute atomic E-state index is 0.153. The molecule has 0 bridgehead atoms. The van der Waals surface area contributed by atoms with E-state index in [1.165, 1.54) is 18.3 Å². The zero-order valence-electron chi connectivity index (χ0n) is 6.39. The van der Waals surface area contributed by atoms with Crippen LogP contribution in [0.2, 0.25) is 5.15 Å². The lowest BCUT2D eigenvalue weighted by Gasteiger charge is -2.00. The number of rotatable bonds is 0.